The summed E-state index contributed by atoms with van der Waals surface area (Å²) in [5, 5.41) is 5.32. The number of amides is 2. The lowest BCUT2D eigenvalue weighted by Gasteiger charge is -2.20. The maximum absolute atomic E-state index is 12.4. The molecule has 0 unspecified atom stereocenters. The van der Waals surface area contributed by atoms with Crippen LogP contribution in [0.1, 0.15) is 46.7 Å². The molecule has 0 saturated heterocycles. The van der Waals surface area contributed by atoms with Crippen molar-refractivity contribution in [3.63, 3.8) is 0 Å². The number of ether oxygens (including phenoxy) is 1. The summed E-state index contributed by atoms with van der Waals surface area (Å²) in [5.41, 5.74) is 1.95. The van der Waals surface area contributed by atoms with E-state index in [1.165, 1.54) is 12.3 Å². The summed E-state index contributed by atoms with van der Waals surface area (Å²) in [5.74, 6) is -1.81. The monoisotopic (exact) mass is 398 g/mol. The first kappa shape index (κ1) is 20.3. The standard InChI is InChI=1S/C21H22N2O6/c1-12(2)19(23-20(26)17-4-3-9-28-17)21(27)29-11-16(24)14-5-7-15-13(10-14)6-8-18(25)22-15/h3-5,7,9-10,12,19H,6,8,11H2,1-2H3,(H,22,25)(H,23,26)/t19-/m0/s1. The van der Waals surface area contributed by atoms with Crippen LogP contribution in [0.25, 0.3) is 0 Å². The number of ketones is 1. The van der Waals surface area contributed by atoms with Crippen molar-refractivity contribution in [1.29, 1.82) is 0 Å². The fourth-order valence-electron chi connectivity index (χ4n) is 2.98. The number of aryl methyl sites for hydroxylation is 1. The van der Waals surface area contributed by atoms with Gasteiger partial charge in [-0.25, -0.2) is 4.79 Å². The lowest BCUT2D eigenvalue weighted by atomic mass is 9.99. The highest BCUT2D eigenvalue weighted by molar-refractivity contribution is 6.00. The molecule has 29 heavy (non-hydrogen) atoms. The zero-order valence-corrected chi connectivity index (χ0v) is 16.2. The molecule has 1 aliphatic heterocycles. The third kappa shape index (κ3) is 4.90. The SMILES string of the molecule is CC(C)[C@H](NC(=O)c1ccco1)C(=O)OCC(=O)c1ccc2c(c1)CCC(=O)N2. The molecular formula is C21H22N2O6. The smallest absolute Gasteiger partial charge is 0.329 e. The minimum atomic E-state index is -0.917. The van der Waals surface area contributed by atoms with Gasteiger partial charge in [-0.3, -0.25) is 14.4 Å². The van der Waals surface area contributed by atoms with Gasteiger partial charge in [0.25, 0.3) is 5.91 Å². The summed E-state index contributed by atoms with van der Waals surface area (Å²) in [6, 6.07) is 7.09. The molecule has 2 heterocycles. The van der Waals surface area contributed by atoms with Crippen LogP contribution in [-0.4, -0.2) is 36.2 Å². The molecule has 1 aromatic carbocycles. The van der Waals surface area contributed by atoms with Gasteiger partial charge in [0.2, 0.25) is 5.91 Å². The average Bonchev–Trinajstić information content (AvgIpc) is 3.24. The van der Waals surface area contributed by atoms with Gasteiger partial charge in [0.05, 0.1) is 6.26 Å². The molecule has 2 aromatic rings. The van der Waals surface area contributed by atoms with Gasteiger partial charge in [0.15, 0.2) is 18.2 Å². The number of fused-ring (bicyclic) bond motifs is 1. The fraction of sp³-hybridized carbons (Fsp3) is 0.333. The van der Waals surface area contributed by atoms with E-state index in [4.69, 9.17) is 9.15 Å². The number of hydrogen-bond acceptors (Lipinski definition) is 6. The van der Waals surface area contributed by atoms with Gasteiger partial charge in [-0.05, 0) is 48.2 Å². The number of esters is 1. The molecule has 0 radical (unpaired) electrons. The maximum Gasteiger partial charge on any atom is 0.329 e. The van der Waals surface area contributed by atoms with Crippen molar-refractivity contribution < 1.29 is 28.3 Å². The molecule has 8 nitrogen and oxygen atoms in total. The van der Waals surface area contributed by atoms with E-state index in [-0.39, 0.29) is 23.4 Å². The van der Waals surface area contributed by atoms with Crippen LogP contribution in [0, 0.1) is 5.92 Å². The van der Waals surface area contributed by atoms with Crippen LogP contribution in [-0.2, 0) is 20.7 Å². The van der Waals surface area contributed by atoms with Crippen molar-refractivity contribution in [2.24, 2.45) is 5.92 Å². The largest absolute Gasteiger partial charge is 0.459 e. The molecule has 0 bridgehead atoms. The predicted octanol–water partition coefficient (Wildman–Crippen LogP) is 2.34. The Balaban J connectivity index is 1.60. The maximum atomic E-state index is 12.4. The van der Waals surface area contributed by atoms with Gasteiger partial charge >= 0.3 is 5.97 Å². The highest BCUT2D eigenvalue weighted by atomic mass is 16.5. The van der Waals surface area contributed by atoms with Crippen molar-refractivity contribution in [1.82, 2.24) is 5.32 Å². The van der Waals surface area contributed by atoms with E-state index in [2.05, 4.69) is 10.6 Å². The molecule has 3 rings (SSSR count). The van der Waals surface area contributed by atoms with Crippen LogP contribution in [0.2, 0.25) is 0 Å². The number of furan rings is 1. The van der Waals surface area contributed by atoms with E-state index in [9.17, 15) is 19.2 Å². The molecule has 2 N–H and O–H groups in total. The van der Waals surface area contributed by atoms with E-state index in [1.807, 2.05) is 0 Å². The molecular weight excluding hydrogens is 376 g/mol. The Kier molecular flexibility index (Phi) is 6.11. The Morgan fingerprint density at radius 2 is 2.00 bits per heavy atom. The van der Waals surface area contributed by atoms with Gasteiger partial charge in [0, 0.05) is 17.7 Å². The average molecular weight is 398 g/mol. The number of benzene rings is 1. The van der Waals surface area contributed by atoms with Crippen LogP contribution >= 0.6 is 0 Å². The first-order chi connectivity index (χ1) is 13.8. The minimum Gasteiger partial charge on any atom is -0.459 e. The molecule has 1 aromatic heterocycles. The third-order valence-electron chi connectivity index (χ3n) is 4.62. The minimum absolute atomic E-state index is 0.0539. The second-order valence-corrected chi connectivity index (χ2v) is 7.12. The van der Waals surface area contributed by atoms with Crippen molar-refractivity contribution in [3.05, 3.63) is 53.5 Å². The van der Waals surface area contributed by atoms with Gasteiger partial charge in [-0.15, -0.1) is 0 Å². The van der Waals surface area contributed by atoms with Crippen molar-refractivity contribution >= 4 is 29.3 Å². The van der Waals surface area contributed by atoms with E-state index < -0.39 is 24.5 Å². The van der Waals surface area contributed by atoms with Crippen molar-refractivity contribution in [2.75, 3.05) is 11.9 Å². The second-order valence-electron chi connectivity index (χ2n) is 7.12. The molecule has 0 spiro atoms. The van der Waals surface area contributed by atoms with Crippen molar-refractivity contribution in [3.8, 4) is 0 Å². The number of carbonyl (C=O) groups excluding carboxylic acids is 4. The van der Waals surface area contributed by atoms with Gasteiger partial charge < -0.3 is 19.8 Å². The summed E-state index contributed by atoms with van der Waals surface area (Å²) >= 11 is 0. The van der Waals surface area contributed by atoms with Gasteiger partial charge in [-0.2, -0.15) is 0 Å². The summed E-state index contributed by atoms with van der Waals surface area (Å²) < 4.78 is 10.2. The Bertz CT molecular complexity index is 933. The highest BCUT2D eigenvalue weighted by Gasteiger charge is 2.28. The first-order valence-electron chi connectivity index (χ1n) is 9.32. The molecule has 2 amide bonds. The van der Waals surface area contributed by atoms with Gasteiger partial charge in [0.1, 0.15) is 6.04 Å². The zero-order chi connectivity index (χ0) is 21.0. The molecule has 0 saturated carbocycles. The number of nitrogens with one attached hydrogen (secondary N) is 2. The first-order valence-corrected chi connectivity index (χ1v) is 9.32. The topological polar surface area (TPSA) is 115 Å². The quantitative estimate of drug-likeness (QED) is 0.546. The Labute approximate surface area is 167 Å². The van der Waals surface area contributed by atoms with E-state index in [1.54, 1.807) is 38.1 Å². The van der Waals surface area contributed by atoms with Gasteiger partial charge in [-0.1, -0.05) is 13.8 Å². The predicted molar refractivity (Wildman–Crippen MR) is 103 cm³/mol. The highest BCUT2D eigenvalue weighted by Crippen LogP contribution is 2.23. The zero-order valence-electron chi connectivity index (χ0n) is 16.2. The Hall–Kier alpha value is -3.42. The van der Waals surface area contributed by atoms with Crippen LogP contribution in [0.4, 0.5) is 5.69 Å². The Morgan fingerprint density at radius 3 is 2.69 bits per heavy atom. The molecule has 0 aliphatic carbocycles. The number of carbonyl (C=O) groups is 4. The number of Topliss-reactive ketones (excluding diaryl/α,β-unsaturated/α-hetero) is 1. The number of anilines is 1. The van der Waals surface area contributed by atoms with E-state index >= 15 is 0 Å². The second kappa shape index (κ2) is 8.72. The lowest BCUT2D eigenvalue weighted by Crippen LogP contribution is -2.45. The summed E-state index contributed by atoms with van der Waals surface area (Å²) in [6.07, 6.45) is 2.28. The molecule has 1 aliphatic rings. The molecule has 0 fully saturated rings. The summed E-state index contributed by atoms with van der Waals surface area (Å²) in [4.78, 5) is 48.4. The molecule has 152 valence electrons. The normalized spacial score (nSPS) is 14.0. The summed E-state index contributed by atoms with van der Waals surface area (Å²) in [6.45, 7) is 3.08. The van der Waals surface area contributed by atoms with Crippen molar-refractivity contribution in [2.45, 2.75) is 32.7 Å². The number of hydrogen-bond donors (Lipinski definition) is 2. The molecule has 8 heteroatoms. The van der Waals surface area contributed by atoms with Crippen LogP contribution in [0.15, 0.2) is 41.0 Å². The Morgan fingerprint density at radius 1 is 1.21 bits per heavy atom. The van der Waals surface area contributed by atoms with Crippen LogP contribution in [0.5, 0.6) is 0 Å². The third-order valence-corrected chi connectivity index (χ3v) is 4.62. The van der Waals surface area contributed by atoms with Crippen LogP contribution in [0.3, 0.4) is 0 Å². The lowest BCUT2D eigenvalue weighted by molar-refractivity contribution is -0.146. The van der Waals surface area contributed by atoms with Crippen LogP contribution < -0.4 is 10.6 Å². The van der Waals surface area contributed by atoms with E-state index in [0.717, 1.165) is 5.56 Å². The number of rotatable bonds is 7. The summed E-state index contributed by atoms with van der Waals surface area (Å²) in [7, 11) is 0. The van der Waals surface area contributed by atoms with E-state index in [0.29, 0.717) is 24.1 Å². The fourth-order valence-corrected chi connectivity index (χ4v) is 2.98. The molecule has 1 atom stereocenters.